The lowest BCUT2D eigenvalue weighted by Crippen LogP contribution is -2.18. The third kappa shape index (κ3) is 3.01. The van der Waals surface area contributed by atoms with Crippen molar-refractivity contribution in [1.82, 2.24) is 9.97 Å². The van der Waals surface area contributed by atoms with Crippen molar-refractivity contribution in [1.29, 1.82) is 0 Å². The van der Waals surface area contributed by atoms with Crippen molar-refractivity contribution in [2.24, 2.45) is 0 Å². The highest BCUT2D eigenvalue weighted by Gasteiger charge is 2.38. The molecule has 2 N–H and O–H groups in total. The number of benzene rings is 1. The van der Waals surface area contributed by atoms with Crippen LogP contribution in [0.2, 0.25) is 5.02 Å². The van der Waals surface area contributed by atoms with Crippen molar-refractivity contribution in [3.63, 3.8) is 0 Å². The topological polar surface area (TPSA) is 80.1 Å². The SMILES string of the molecule is Cc1ccc(Cl)c(NC(=O)c2c(C)oc3ncnc(NC4(C)CC4)c23)c1. The van der Waals surface area contributed by atoms with Crippen LogP contribution in [0.5, 0.6) is 0 Å². The van der Waals surface area contributed by atoms with E-state index in [1.807, 2.05) is 19.1 Å². The first-order valence-corrected chi connectivity index (χ1v) is 8.84. The van der Waals surface area contributed by atoms with Gasteiger partial charge in [-0.2, -0.15) is 0 Å². The first-order chi connectivity index (χ1) is 12.4. The molecule has 1 saturated carbocycles. The van der Waals surface area contributed by atoms with Crippen molar-refractivity contribution >= 4 is 40.1 Å². The molecule has 0 spiro atoms. The monoisotopic (exact) mass is 370 g/mol. The van der Waals surface area contributed by atoms with Gasteiger partial charge in [0, 0.05) is 5.54 Å². The number of carbonyl (C=O) groups is 1. The Morgan fingerprint density at radius 2 is 2.04 bits per heavy atom. The molecule has 0 radical (unpaired) electrons. The van der Waals surface area contributed by atoms with Gasteiger partial charge in [0.25, 0.3) is 5.91 Å². The summed E-state index contributed by atoms with van der Waals surface area (Å²) in [6.45, 7) is 5.81. The Kier molecular flexibility index (Phi) is 3.88. The smallest absolute Gasteiger partial charge is 0.260 e. The number of anilines is 2. The number of hydrogen-bond donors (Lipinski definition) is 2. The highest BCUT2D eigenvalue weighted by molar-refractivity contribution is 6.34. The quantitative estimate of drug-likeness (QED) is 0.695. The molecule has 26 heavy (non-hydrogen) atoms. The van der Waals surface area contributed by atoms with Crippen molar-refractivity contribution in [2.45, 2.75) is 39.2 Å². The van der Waals surface area contributed by atoms with Gasteiger partial charge >= 0.3 is 0 Å². The average molecular weight is 371 g/mol. The molecular formula is C19H19ClN4O2. The molecule has 6 nitrogen and oxygen atoms in total. The van der Waals surface area contributed by atoms with Crippen molar-refractivity contribution in [3.8, 4) is 0 Å². The zero-order valence-electron chi connectivity index (χ0n) is 14.8. The molecule has 134 valence electrons. The van der Waals surface area contributed by atoms with E-state index in [1.54, 1.807) is 13.0 Å². The molecule has 0 unspecified atom stereocenters. The molecule has 7 heteroatoms. The minimum atomic E-state index is -0.299. The second-order valence-electron chi connectivity index (χ2n) is 7.06. The lowest BCUT2D eigenvalue weighted by atomic mass is 10.1. The summed E-state index contributed by atoms with van der Waals surface area (Å²) in [6.07, 6.45) is 3.57. The van der Waals surface area contributed by atoms with Crippen LogP contribution >= 0.6 is 11.6 Å². The Morgan fingerprint density at radius 1 is 1.27 bits per heavy atom. The van der Waals surface area contributed by atoms with E-state index < -0.39 is 0 Å². The summed E-state index contributed by atoms with van der Waals surface area (Å²) in [6, 6.07) is 5.48. The van der Waals surface area contributed by atoms with E-state index in [-0.39, 0.29) is 11.4 Å². The maximum Gasteiger partial charge on any atom is 0.260 e. The number of furan rings is 1. The predicted octanol–water partition coefficient (Wildman–Crippen LogP) is 4.71. The first kappa shape index (κ1) is 16.8. The van der Waals surface area contributed by atoms with Gasteiger partial charge in [0.1, 0.15) is 17.9 Å². The number of amides is 1. The Labute approximate surface area is 156 Å². The zero-order chi connectivity index (χ0) is 18.5. The van der Waals surface area contributed by atoms with Crippen LogP contribution in [-0.4, -0.2) is 21.4 Å². The molecule has 1 amide bonds. The standard InChI is InChI=1S/C19H19ClN4O2/c1-10-4-5-12(20)13(8-10)23-17(25)14-11(2)26-18-15(14)16(21-9-22-18)24-19(3)6-7-19/h4-5,8-9H,6-7H2,1-3H3,(H,23,25)(H,21,22,24). The largest absolute Gasteiger partial charge is 0.442 e. The average Bonchev–Trinajstić information content (AvgIpc) is 3.19. The van der Waals surface area contributed by atoms with Gasteiger partial charge in [-0.15, -0.1) is 0 Å². The van der Waals surface area contributed by atoms with E-state index in [0.29, 0.717) is 39.0 Å². The van der Waals surface area contributed by atoms with Crippen molar-refractivity contribution < 1.29 is 9.21 Å². The maximum atomic E-state index is 13.0. The van der Waals surface area contributed by atoms with Crippen LogP contribution in [0.1, 0.15) is 41.4 Å². The molecule has 1 aromatic carbocycles. The van der Waals surface area contributed by atoms with Gasteiger partial charge < -0.3 is 15.1 Å². The van der Waals surface area contributed by atoms with Gasteiger partial charge in [0.05, 0.1) is 21.7 Å². The van der Waals surface area contributed by atoms with Crippen LogP contribution in [0.4, 0.5) is 11.5 Å². The zero-order valence-corrected chi connectivity index (χ0v) is 15.6. The summed E-state index contributed by atoms with van der Waals surface area (Å²) >= 11 is 6.21. The summed E-state index contributed by atoms with van der Waals surface area (Å²) in [5.74, 6) is 0.811. The third-order valence-electron chi connectivity index (χ3n) is 4.68. The number of rotatable bonds is 4. The molecule has 0 aliphatic heterocycles. The maximum absolute atomic E-state index is 13.0. The lowest BCUT2D eigenvalue weighted by Gasteiger charge is -2.13. The normalized spacial score (nSPS) is 15.1. The van der Waals surface area contributed by atoms with Crippen LogP contribution in [-0.2, 0) is 0 Å². The first-order valence-electron chi connectivity index (χ1n) is 8.46. The summed E-state index contributed by atoms with van der Waals surface area (Å²) in [5, 5.41) is 7.37. The van der Waals surface area contributed by atoms with Crippen LogP contribution in [0.3, 0.4) is 0 Å². The van der Waals surface area contributed by atoms with E-state index >= 15 is 0 Å². The molecule has 1 aliphatic rings. The molecule has 0 bridgehead atoms. The summed E-state index contributed by atoms with van der Waals surface area (Å²) in [7, 11) is 0. The number of halogens is 1. The Balaban J connectivity index is 1.76. The molecule has 2 aromatic heterocycles. The number of carbonyl (C=O) groups excluding carboxylic acids is 1. The molecule has 1 aliphatic carbocycles. The molecule has 4 rings (SSSR count). The van der Waals surface area contributed by atoms with Gasteiger partial charge in [0.2, 0.25) is 5.71 Å². The minimum Gasteiger partial charge on any atom is -0.442 e. The van der Waals surface area contributed by atoms with Crippen LogP contribution in [0, 0.1) is 13.8 Å². The summed E-state index contributed by atoms with van der Waals surface area (Å²) in [5.41, 5.74) is 2.39. The van der Waals surface area contributed by atoms with Crippen molar-refractivity contribution in [3.05, 3.63) is 46.4 Å². The highest BCUT2D eigenvalue weighted by Crippen LogP contribution is 2.40. The fourth-order valence-electron chi connectivity index (χ4n) is 2.93. The Bertz CT molecular complexity index is 1020. The van der Waals surface area contributed by atoms with E-state index in [4.69, 9.17) is 16.0 Å². The van der Waals surface area contributed by atoms with Gasteiger partial charge in [-0.25, -0.2) is 9.97 Å². The number of aryl methyl sites for hydroxylation is 2. The van der Waals surface area contributed by atoms with Gasteiger partial charge in [0.15, 0.2) is 0 Å². The number of nitrogens with zero attached hydrogens (tertiary/aromatic N) is 2. The molecule has 1 fully saturated rings. The predicted molar refractivity (Wildman–Crippen MR) is 102 cm³/mol. The summed E-state index contributed by atoms with van der Waals surface area (Å²) < 4.78 is 5.70. The molecule has 0 atom stereocenters. The molecule has 2 heterocycles. The van der Waals surface area contributed by atoms with E-state index in [0.717, 1.165) is 18.4 Å². The molecule has 0 saturated heterocycles. The number of aromatic nitrogens is 2. The van der Waals surface area contributed by atoms with E-state index in [9.17, 15) is 4.79 Å². The minimum absolute atomic E-state index is 0.0139. The molecule has 3 aromatic rings. The van der Waals surface area contributed by atoms with Gasteiger partial charge in [-0.05, 0) is 51.3 Å². The van der Waals surface area contributed by atoms with Crippen LogP contribution in [0.15, 0.2) is 28.9 Å². The number of nitrogens with one attached hydrogen (secondary N) is 2. The lowest BCUT2D eigenvalue weighted by molar-refractivity contribution is 0.102. The summed E-state index contributed by atoms with van der Waals surface area (Å²) in [4.78, 5) is 21.5. The highest BCUT2D eigenvalue weighted by atomic mass is 35.5. The Morgan fingerprint density at radius 3 is 2.77 bits per heavy atom. The number of fused-ring (bicyclic) bond motifs is 1. The van der Waals surface area contributed by atoms with Crippen LogP contribution in [0.25, 0.3) is 11.1 Å². The number of hydrogen-bond acceptors (Lipinski definition) is 5. The second kappa shape index (κ2) is 5.99. The van der Waals surface area contributed by atoms with Gasteiger partial charge in [-0.3, -0.25) is 4.79 Å². The van der Waals surface area contributed by atoms with Gasteiger partial charge in [-0.1, -0.05) is 17.7 Å². The third-order valence-corrected chi connectivity index (χ3v) is 5.01. The van der Waals surface area contributed by atoms with E-state index in [2.05, 4.69) is 27.5 Å². The van der Waals surface area contributed by atoms with Crippen molar-refractivity contribution in [2.75, 3.05) is 10.6 Å². The second-order valence-corrected chi connectivity index (χ2v) is 7.47. The van der Waals surface area contributed by atoms with E-state index in [1.165, 1.54) is 6.33 Å². The molecular weight excluding hydrogens is 352 g/mol. The fourth-order valence-corrected chi connectivity index (χ4v) is 3.10. The Hall–Kier alpha value is -2.60. The fraction of sp³-hybridized carbons (Fsp3) is 0.316. The van der Waals surface area contributed by atoms with Crippen LogP contribution < -0.4 is 10.6 Å².